The minimum absolute atomic E-state index is 0.101. The number of phosphoric acid groups is 2. The van der Waals surface area contributed by atoms with Crippen molar-refractivity contribution >= 4 is 39.5 Å². The minimum Gasteiger partial charge on any atom is -0.462 e. The quantitative estimate of drug-likeness (QED) is 0.0222. The van der Waals surface area contributed by atoms with E-state index >= 15 is 0 Å². The highest BCUT2D eigenvalue weighted by Crippen LogP contribution is 2.45. The van der Waals surface area contributed by atoms with E-state index in [9.17, 15) is 43.2 Å². The first-order valence-electron chi connectivity index (χ1n) is 36.7. The third-order valence-corrected chi connectivity index (χ3v) is 18.2. The van der Waals surface area contributed by atoms with Crippen molar-refractivity contribution in [2.45, 2.75) is 369 Å². The maximum atomic E-state index is 13.0. The van der Waals surface area contributed by atoms with Gasteiger partial charge in [-0.25, -0.2) is 9.13 Å². The number of hydrogen-bond acceptors (Lipinski definition) is 15. The summed E-state index contributed by atoms with van der Waals surface area (Å²) in [6.45, 7) is 14.0. The molecule has 3 N–H and O–H groups in total. The van der Waals surface area contributed by atoms with Crippen LogP contribution in [0.2, 0.25) is 0 Å². The van der Waals surface area contributed by atoms with Crippen LogP contribution in [0.1, 0.15) is 351 Å². The maximum absolute atomic E-state index is 13.0. The molecule has 0 spiro atoms. The third-order valence-electron chi connectivity index (χ3n) is 16.3. The van der Waals surface area contributed by atoms with E-state index in [2.05, 4.69) is 55.4 Å². The Hall–Kier alpha value is -1.94. The molecule has 0 bridgehead atoms. The molecule has 0 saturated heterocycles. The number of phosphoric ester groups is 2. The molecule has 0 radical (unpaired) electrons. The maximum Gasteiger partial charge on any atom is 0.472 e. The first-order chi connectivity index (χ1) is 43.1. The number of esters is 4. The van der Waals surface area contributed by atoms with Crippen LogP contribution in [0.15, 0.2) is 0 Å². The van der Waals surface area contributed by atoms with E-state index in [-0.39, 0.29) is 25.7 Å². The summed E-state index contributed by atoms with van der Waals surface area (Å²) in [4.78, 5) is 72.5. The predicted molar refractivity (Wildman–Crippen MR) is 363 cm³/mol. The molecule has 19 heteroatoms. The Morgan fingerprint density at radius 3 is 0.689 bits per heavy atom. The summed E-state index contributed by atoms with van der Waals surface area (Å²) >= 11 is 0. The van der Waals surface area contributed by atoms with E-state index in [0.29, 0.717) is 37.5 Å². The largest absolute Gasteiger partial charge is 0.472 e. The van der Waals surface area contributed by atoms with E-state index in [1.165, 1.54) is 148 Å². The topological polar surface area (TPSA) is 237 Å². The van der Waals surface area contributed by atoms with E-state index < -0.39 is 97.5 Å². The second kappa shape index (κ2) is 60.7. The summed E-state index contributed by atoms with van der Waals surface area (Å²) in [7, 11) is -9.90. The number of hydrogen-bond donors (Lipinski definition) is 3. The summed E-state index contributed by atoms with van der Waals surface area (Å²) < 4.78 is 68.2. The van der Waals surface area contributed by atoms with Gasteiger partial charge < -0.3 is 33.8 Å². The van der Waals surface area contributed by atoms with Crippen LogP contribution in [-0.4, -0.2) is 96.7 Å². The molecule has 0 aromatic carbocycles. The van der Waals surface area contributed by atoms with Gasteiger partial charge >= 0.3 is 39.5 Å². The molecule has 0 heterocycles. The molecular formula is C71H138O17P2. The van der Waals surface area contributed by atoms with Crippen molar-refractivity contribution in [2.24, 2.45) is 23.7 Å². The molecule has 0 saturated carbocycles. The van der Waals surface area contributed by atoms with Crippen LogP contribution in [0, 0.1) is 23.7 Å². The fourth-order valence-corrected chi connectivity index (χ4v) is 12.2. The molecule has 90 heavy (non-hydrogen) atoms. The summed E-state index contributed by atoms with van der Waals surface area (Å²) in [6, 6.07) is 0. The van der Waals surface area contributed by atoms with Gasteiger partial charge in [0.25, 0.3) is 0 Å². The molecule has 0 fully saturated rings. The fraction of sp³-hybridized carbons (Fsp3) is 0.944. The predicted octanol–water partition coefficient (Wildman–Crippen LogP) is 20.1. The zero-order valence-corrected chi connectivity index (χ0v) is 60.6. The third kappa shape index (κ3) is 64.8. The van der Waals surface area contributed by atoms with Gasteiger partial charge in [0.2, 0.25) is 0 Å². The van der Waals surface area contributed by atoms with Gasteiger partial charge in [-0.1, -0.05) is 299 Å². The molecule has 534 valence electrons. The lowest BCUT2D eigenvalue weighted by Gasteiger charge is -2.21. The average Bonchev–Trinajstić information content (AvgIpc) is 3.52. The average molecular weight is 1330 g/mol. The normalized spacial score (nSPS) is 14.3. The van der Waals surface area contributed by atoms with Crippen LogP contribution >= 0.6 is 15.6 Å². The van der Waals surface area contributed by atoms with Gasteiger partial charge in [0.1, 0.15) is 19.3 Å². The molecule has 0 aromatic rings. The highest BCUT2D eigenvalue weighted by Gasteiger charge is 2.30. The van der Waals surface area contributed by atoms with Gasteiger partial charge in [0.15, 0.2) is 12.2 Å². The van der Waals surface area contributed by atoms with E-state index in [1.54, 1.807) is 0 Å². The fourth-order valence-electron chi connectivity index (χ4n) is 10.7. The highest BCUT2D eigenvalue weighted by atomic mass is 31.2. The number of ether oxygens (including phenoxy) is 4. The summed E-state index contributed by atoms with van der Waals surface area (Å²) in [5, 5.41) is 10.6. The Labute approximate surface area is 549 Å². The van der Waals surface area contributed by atoms with Gasteiger partial charge in [-0.3, -0.25) is 37.3 Å². The smallest absolute Gasteiger partial charge is 0.462 e. The summed E-state index contributed by atoms with van der Waals surface area (Å²) in [5.74, 6) is 0.791. The van der Waals surface area contributed by atoms with E-state index in [0.717, 1.165) is 108 Å². The van der Waals surface area contributed by atoms with Crippen LogP contribution in [0.3, 0.4) is 0 Å². The van der Waals surface area contributed by atoms with Crippen molar-refractivity contribution in [3.8, 4) is 0 Å². The molecule has 0 amide bonds. The highest BCUT2D eigenvalue weighted by molar-refractivity contribution is 7.47. The van der Waals surface area contributed by atoms with Gasteiger partial charge in [-0.2, -0.15) is 0 Å². The zero-order chi connectivity index (χ0) is 66.8. The Balaban J connectivity index is 5.21. The molecule has 0 rings (SSSR count). The number of aliphatic hydroxyl groups is 1. The van der Waals surface area contributed by atoms with E-state index in [1.807, 2.05) is 0 Å². The van der Waals surface area contributed by atoms with Crippen molar-refractivity contribution in [2.75, 3.05) is 39.6 Å². The summed E-state index contributed by atoms with van der Waals surface area (Å²) in [5.41, 5.74) is 0. The number of carbonyl (C=O) groups is 4. The lowest BCUT2D eigenvalue weighted by Crippen LogP contribution is -2.30. The Morgan fingerprint density at radius 2 is 0.467 bits per heavy atom. The molecule has 5 atom stereocenters. The van der Waals surface area contributed by atoms with Crippen LogP contribution in [0.4, 0.5) is 0 Å². The van der Waals surface area contributed by atoms with Gasteiger partial charge in [0.05, 0.1) is 26.4 Å². The molecule has 2 unspecified atom stereocenters. The first kappa shape index (κ1) is 88.1. The van der Waals surface area contributed by atoms with Crippen molar-refractivity contribution in [1.29, 1.82) is 0 Å². The van der Waals surface area contributed by atoms with Crippen molar-refractivity contribution in [3.63, 3.8) is 0 Å². The minimum atomic E-state index is -4.95. The molecule has 0 aromatic heterocycles. The lowest BCUT2D eigenvalue weighted by atomic mass is 10.0. The standard InChI is InChI=1S/C71H138O17P2/c1-61(2)47-39-31-23-19-15-11-9-10-12-17-21-25-35-43-51-68(73)81-57-66(87-70(75)53-45-37-26-22-18-14-13-16-20-24-32-40-48-62(3)4)59-85-89(77,78)83-55-65(72)56-84-90(79,80)86-60-67(88-71(76)54-46-38-30-28-34-42-50-64(7)8)58-82-69(74)52-44-36-29-27-33-41-49-63(5)6/h61-67,72H,9-60H2,1-8H3,(H,77,78)(H,79,80)/t65-,66-,67-/m1/s1. The zero-order valence-electron chi connectivity index (χ0n) is 58.8. The second-order valence-electron chi connectivity index (χ2n) is 27.5. The Morgan fingerprint density at radius 1 is 0.278 bits per heavy atom. The molecule has 0 aliphatic carbocycles. The van der Waals surface area contributed by atoms with Crippen LogP contribution in [-0.2, 0) is 65.4 Å². The molecular weight excluding hydrogens is 1190 g/mol. The monoisotopic (exact) mass is 1320 g/mol. The molecule has 17 nitrogen and oxygen atoms in total. The number of carbonyl (C=O) groups excluding carboxylic acids is 4. The molecule has 0 aliphatic rings. The van der Waals surface area contributed by atoms with Crippen LogP contribution in [0.25, 0.3) is 0 Å². The van der Waals surface area contributed by atoms with Crippen molar-refractivity contribution in [3.05, 3.63) is 0 Å². The van der Waals surface area contributed by atoms with Gasteiger partial charge in [-0.15, -0.1) is 0 Å². The first-order valence-corrected chi connectivity index (χ1v) is 39.7. The lowest BCUT2D eigenvalue weighted by molar-refractivity contribution is -0.161. The van der Waals surface area contributed by atoms with Crippen LogP contribution < -0.4 is 0 Å². The second-order valence-corrected chi connectivity index (χ2v) is 30.4. The van der Waals surface area contributed by atoms with Gasteiger partial charge in [-0.05, 0) is 49.4 Å². The van der Waals surface area contributed by atoms with Crippen molar-refractivity contribution in [1.82, 2.24) is 0 Å². The van der Waals surface area contributed by atoms with Crippen molar-refractivity contribution < 1.29 is 80.2 Å². The SMILES string of the molecule is CC(C)CCCCCCCCCCCCCCCCC(=O)OC[C@H](COP(=O)(O)OC[C@@H](O)COP(=O)(O)OC[C@@H](COC(=O)CCCCCCCCC(C)C)OC(=O)CCCCCCCCC(C)C)OC(=O)CCCCCCCCCCCCCCC(C)C. The number of aliphatic hydroxyl groups excluding tert-OH is 1. The molecule has 0 aliphatic heterocycles. The summed E-state index contributed by atoms with van der Waals surface area (Å²) in [6.07, 6.45) is 43.4. The number of rotatable bonds is 68. The Kier molecular flexibility index (Phi) is 59.4. The van der Waals surface area contributed by atoms with E-state index in [4.69, 9.17) is 37.0 Å². The van der Waals surface area contributed by atoms with Crippen LogP contribution in [0.5, 0.6) is 0 Å². The number of unbranched alkanes of at least 4 members (excludes halogenated alkanes) is 34. The Bertz CT molecular complexity index is 1780. The van der Waals surface area contributed by atoms with Gasteiger partial charge in [0, 0.05) is 25.7 Å².